The van der Waals surface area contributed by atoms with Gasteiger partial charge in [0.2, 0.25) is 11.8 Å². The summed E-state index contributed by atoms with van der Waals surface area (Å²) in [6.07, 6.45) is 1.18. The number of rotatable bonds is 2. The molecule has 1 fully saturated rings. The second-order valence-corrected chi connectivity index (χ2v) is 6.18. The first-order valence-electron chi connectivity index (χ1n) is 8.00. The van der Waals surface area contributed by atoms with Crippen molar-refractivity contribution in [2.24, 2.45) is 5.92 Å². The molecule has 1 saturated heterocycles. The van der Waals surface area contributed by atoms with Gasteiger partial charge in [0.05, 0.1) is 5.92 Å². The molecule has 2 aromatic carbocycles. The van der Waals surface area contributed by atoms with E-state index < -0.39 is 0 Å². The topological polar surface area (TPSA) is 58.2 Å². The van der Waals surface area contributed by atoms with Crippen molar-refractivity contribution in [3.63, 3.8) is 0 Å². The molecule has 4 nitrogen and oxygen atoms in total. The number of anilines is 1. The molecule has 0 radical (unpaired) electrons. The van der Waals surface area contributed by atoms with E-state index in [1.165, 1.54) is 0 Å². The molecule has 0 saturated carbocycles. The summed E-state index contributed by atoms with van der Waals surface area (Å²) in [5.74, 6) is -0.423. The Hall–Kier alpha value is -2.62. The number of carbonyl (C=O) groups excluding carboxylic acids is 2. The molecular weight excluding hydrogens is 288 g/mol. The average Bonchev–Trinajstić information content (AvgIpc) is 2.93. The molecule has 2 N–H and O–H groups in total. The molecule has 116 valence electrons. The Labute approximate surface area is 134 Å². The van der Waals surface area contributed by atoms with Crippen LogP contribution in [0.15, 0.2) is 48.5 Å². The Morgan fingerprint density at radius 3 is 2.48 bits per heavy atom. The third kappa shape index (κ3) is 2.40. The minimum absolute atomic E-state index is 0.0985. The van der Waals surface area contributed by atoms with Crippen LogP contribution in [0.4, 0.5) is 5.69 Å². The van der Waals surface area contributed by atoms with E-state index in [4.69, 9.17) is 0 Å². The maximum absolute atomic E-state index is 12.1. The van der Waals surface area contributed by atoms with Crippen LogP contribution in [0.5, 0.6) is 0 Å². The van der Waals surface area contributed by atoms with Crippen LogP contribution < -0.4 is 10.6 Å². The van der Waals surface area contributed by atoms with Crippen molar-refractivity contribution >= 4 is 17.5 Å². The highest BCUT2D eigenvalue weighted by Crippen LogP contribution is 2.43. The first-order valence-corrected chi connectivity index (χ1v) is 8.00. The highest BCUT2D eigenvalue weighted by atomic mass is 16.2. The molecule has 0 spiro atoms. The van der Waals surface area contributed by atoms with E-state index in [0.717, 1.165) is 35.3 Å². The lowest BCUT2D eigenvalue weighted by Gasteiger charge is -2.31. The Balaban J connectivity index is 1.78. The third-order valence-corrected chi connectivity index (χ3v) is 4.83. The molecule has 2 heterocycles. The van der Waals surface area contributed by atoms with Crippen LogP contribution in [0, 0.1) is 5.92 Å². The summed E-state index contributed by atoms with van der Waals surface area (Å²) < 4.78 is 0. The van der Waals surface area contributed by atoms with Gasteiger partial charge in [-0.2, -0.15) is 0 Å². The summed E-state index contributed by atoms with van der Waals surface area (Å²) in [7, 11) is 0. The van der Waals surface area contributed by atoms with Gasteiger partial charge < -0.3 is 5.32 Å². The molecule has 2 unspecified atom stereocenters. The number of fused-ring (bicyclic) bond motifs is 1. The van der Waals surface area contributed by atoms with Gasteiger partial charge in [0.1, 0.15) is 0 Å². The monoisotopic (exact) mass is 306 g/mol. The highest BCUT2D eigenvalue weighted by Gasteiger charge is 2.39. The molecule has 23 heavy (non-hydrogen) atoms. The van der Waals surface area contributed by atoms with Gasteiger partial charge in [0, 0.05) is 24.2 Å². The van der Waals surface area contributed by atoms with Crippen molar-refractivity contribution < 1.29 is 9.59 Å². The second-order valence-electron chi connectivity index (χ2n) is 6.18. The van der Waals surface area contributed by atoms with Crippen LogP contribution in [0.1, 0.15) is 24.3 Å². The molecule has 0 aliphatic carbocycles. The summed E-state index contributed by atoms with van der Waals surface area (Å²) in [6, 6.07) is 16.5. The molecule has 2 atom stereocenters. The largest absolute Gasteiger partial charge is 0.384 e. The van der Waals surface area contributed by atoms with Gasteiger partial charge in [0.15, 0.2) is 0 Å². The predicted octanol–water partition coefficient (Wildman–Crippen LogP) is 2.92. The van der Waals surface area contributed by atoms with Gasteiger partial charge >= 0.3 is 0 Å². The van der Waals surface area contributed by atoms with Crippen molar-refractivity contribution in [2.45, 2.75) is 18.8 Å². The molecule has 0 bridgehead atoms. The molecule has 2 aliphatic rings. The first kappa shape index (κ1) is 14.0. The van der Waals surface area contributed by atoms with Crippen molar-refractivity contribution in [1.82, 2.24) is 5.32 Å². The van der Waals surface area contributed by atoms with Crippen LogP contribution in [0.25, 0.3) is 11.1 Å². The van der Waals surface area contributed by atoms with Crippen molar-refractivity contribution in [3.8, 4) is 11.1 Å². The minimum atomic E-state index is -0.241. The van der Waals surface area contributed by atoms with Crippen LogP contribution in [0.3, 0.4) is 0 Å². The lowest BCUT2D eigenvalue weighted by atomic mass is 9.78. The molecular formula is C19H18N2O2. The van der Waals surface area contributed by atoms with Crippen LogP contribution >= 0.6 is 0 Å². The van der Waals surface area contributed by atoms with Gasteiger partial charge in [0.25, 0.3) is 0 Å². The number of hydrogen-bond acceptors (Lipinski definition) is 3. The molecule has 4 rings (SSSR count). The standard InChI is InChI=1S/C19H18N2O2/c22-17-11-16(19(23)21-17)14-9-10-20-18-13(7-4-8-15(14)18)12-5-2-1-3-6-12/h1-8,14,16,20H,9-11H2,(H,21,22,23). The van der Waals surface area contributed by atoms with Gasteiger partial charge in [-0.05, 0) is 23.5 Å². The zero-order valence-electron chi connectivity index (χ0n) is 12.7. The number of nitrogens with one attached hydrogen (secondary N) is 2. The van der Waals surface area contributed by atoms with Gasteiger partial charge in [-0.25, -0.2) is 0 Å². The predicted molar refractivity (Wildman–Crippen MR) is 89.0 cm³/mol. The van der Waals surface area contributed by atoms with E-state index in [1.807, 2.05) is 24.3 Å². The maximum Gasteiger partial charge on any atom is 0.230 e. The van der Waals surface area contributed by atoms with Crippen LogP contribution in [-0.4, -0.2) is 18.4 Å². The van der Waals surface area contributed by atoms with E-state index in [9.17, 15) is 9.59 Å². The Kier molecular flexibility index (Phi) is 3.37. The van der Waals surface area contributed by atoms with E-state index in [-0.39, 0.29) is 23.7 Å². The summed E-state index contributed by atoms with van der Waals surface area (Å²) in [5, 5.41) is 5.94. The van der Waals surface area contributed by atoms with Gasteiger partial charge in [-0.15, -0.1) is 0 Å². The van der Waals surface area contributed by atoms with Crippen molar-refractivity contribution in [3.05, 3.63) is 54.1 Å². The summed E-state index contributed by atoms with van der Waals surface area (Å²) in [4.78, 5) is 23.7. The smallest absolute Gasteiger partial charge is 0.230 e. The van der Waals surface area contributed by atoms with Crippen molar-refractivity contribution in [2.75, 3.05) is 11.9 Å². The molecule has 0 aromatic heterocycles. The normalized spacial score (nSPS) is 23.1. The zero-order chi connectivity index (χ0) is 15.8. The summed E-state index contributed by atoms with van der Waals surface area (Å²) in [6.45, 7) is 0.819. The Morgan fingerprint density at radius 1 is 0.913 bits per heavy atom. The first-order chi connectivity index (χ1) is 11.2. The number of imide groups is 1. The Morgan fingerprint density at radius 2 is 1.74 bits per heavy atom. The lowest BCUT2D eigenvalue weighted by molar-refractivity contribution is -0.126. The molecule has 4 heteroatoms. The number of amides is 2. The number of benzene rings is 2. The fraction of sp³-hybridized carbons (Fsp3) is 0.263. The lowest BCUT2D eigenvalue weighted by Crippen LogP contribution is -2.29. The molecule has 2 aromatic rings. The molecule has 2 amide bonds. The minimum Gasteiger partial charge on any atom is -0.384 e. The van der Waals surface area contributed by atoms with E-state index in [1.54, 1.807) is 0 Å². The summed E-state index contributed by atoms with van der Waals surface area (Å²) in [5.41, 5.74) is 4.55. The number of carbonyl (C=O) groups is 2. The van der Waals surface area contributed by atoms with E-state index in [2.05, 4.69) is 34.9 Å². The van der Waals surface area contributed by atoms with E-state index in [0.29, 0.717) is 6.42 Å². The van der Waals surface area contributed by atoms with Crippen molar-refractivity contribution in [1.29, 1.82) is 0 Å². The highest BCUT2D eigenvalue weighted by molar-refractivity contribution is 6.04. The van der Waals surface area contributed by atoms with Gasteiger partial charge in [-0.3, -0.25) is 14.9 Å². The molecule has 2 aliphatic heterocycles. The van der Waals surface area contributed by atoms with Gasteiger partial charge in [-0.1, -0.05) is 48.5 Å². The summed E-state index contributed by atoms with van der Waals surface area (Å²) >= 11 is 0. The maximum atomic E-state index is 12.1. The van der Waals surface area contributed by atoms with Crippen LogP contribution in [0.2, 0.25) is 0 Å². The van der Waals surface area contributed by atoms with E-state index >= 15 is 0 Å². The second kappa shape index (κ2) is 5.54. The average molecular weight is 306 g/mol. The van der Waals surface area contributed by atoms with Crippen LogP contribution in [-0.2, 0) is 9.59 Å². The zero-order valence-corrected chi connectivity index (χ0v) is 12.7. The quantitative estimate of drug-likeness (QED) is 0.839. The number of para-hydroxylation sites is 1. The SMILES string of the molecule is O=C1CC(C2CCNc3c(-c4ccccc4)cccc32)C(=O)N1. The third-order valence-electron chi connectivity index (χ3n) is 4.83. The fourth-order valence-corrected chi connectivity index (χ4v) is 3.76. The Bertz CT molecular complexity index is 770. The number of hydrogen-bond donors (Lipinski definition) is 2. The fourth-order valence-electron chi connectivity index (χ4n) is 3.76.